The number of rotatable bonds is 7. The molecule has 0 heterocycles. The lowest BCUT2D eigenvalue weighted by Gasteiger charge is -2.41. The normalized spacial score (nSPS) is 35.8. The lowest BCUT2D eigenvalue weighted by molar-refractivity contribution is 0.0572. The van der Waals surface area contributed by atoms with Crippen molar-refractivity contribution in [1.29, 1.82) is 0 Å². The fourth-order valence-electron chi connectivity index (χ4n) is 5.49. The van der Waals surface area contributed by atoms with Crippen molar-refractivity contribution in [3.8, 4) is 0 Å². The van der Waals surface area contributed by atoms with Gasteiger partial charge < -0.3 is 10.2 Å². The van der Waals surface area contributed by atoms with Crippen LogP contribution < -0.4 is 0 Å². The van der Waals surface area contributed by atoms with Gasteiger partial charge in [-0.2, -0.15) is 11.8 Å². The highest BCUT2D eigenvalue weighted by atomic mass is 32.2. The summed E-state index contributed by atoms with van der Waals surface area (Å²) in [5.41, 5.74) is 4.45. The Bertz CT molecular complexity index is 658. The molecule has 2 saturated carbocycles. The lowest BCUT2D eigenvalue weighted by Crippen LogP contribution is -2.32. The van der Waals surface area contributed by atoms with Crippen LogP contribution >= 0.6 is 11.8 Å². The predicted molar refractivity (Wildman–Crippen MR) is 126 cm³/mol. The van der Waals surface area contributed by atoms with Crippen molar-refractivity contribution < 1.29 is 10.2 Å². The minimum absolute atomic E-state index is 0.160. The van der Waals surface area contributed by atoms with Gasteiger partial charge in [-0.25, -0.2) is 0 Å². The van der Waals surface area contributed by atoms with Crippen LogP contribution in [0.2, 0.25) is 0 Å². The van der Waals surface area contributed by atoms with Crippen molar-refractivity contribution in [2.24, 2.45) is 17.3 Å². The highest BCUT2D eigenvalue weighted by Crippen LogP contribution is 2.55. The molecular weight excluding hydrogens is 376 g/mol. The Balaban J connectivity index is 1.63. The van der Waals surface area contributed by atoms with E-state index in [-0.39, 0.29) is 6.10 Å². The molecule has 0 saturated heterocycles. The second-order valence-corrected chi connectivity index (χ2v) is 11.1. The average molecular weight is 419 g/mol. The van der Waals surface area contributed by atoms with Gasteiger partial charge in [0, 0.05) is 11.5 Å². The minimum Gasteiger partial charge on any atom is -0.393 e. The molecule has 0 aromatic rings. The van der Waals surface area contributed by atoms with Gasteiger partial charge in [0.15, 0.2) is 0 Å². The molecule has 0 aromatic carbocycles. The van der Waals surface area contributed by atoms with E-state index in [2.05, 4.69) is 45.9 Å². The molecular formula is C26H42O2S. The zero-order chi connectivity index (χ0) is 21.1. The highest BCUT2D eigenvalue weighted by molar-refractivity contribution is 7.99. The molecule has 0 radical (unpaired) electrons. The monoisotopic (exact) mass is 418 g/mol. The number of aliphatic hydroxyl groups excluding tert-OH is 1. The fourth-order valence-corrected chi connectivity index (χ4v) is 7.05. The van der Waals surface area contributed by atoms with E-state index in [1.165, 1.54) is 31.3 Å². The molecule has 0 bridgehead atoms. The van der Waals surface area contributed by atoms with E-state index in [0.29, 0.717) is 17.3 Å². The molecule has 3 rings (SSSR count). The van der Waals surface area contributed by atoms with Gasteiger partial charge in [-0.15, -0.1) is 0 Å². The Hall–Kier alpha value is -0.510. The van der Waals surface area contributed by atoms with Crippen LogP contribution in [-0.4, -0.2) is 33.4 Å². The largest absolute Gasteiger partial charge is 0.393 e. The SMILES string of the molecule is CCC(O)(CC)CSCC1=CCC2/C(=C/C=C3/CCC(C)C(O)C3)CCCC12C. The molecule has 3 aliphatic rings. The number of thioether (sulfide) groups is 1. The predicted octanol–water partition coefficient (Wildman–Crippen LogP) is 6.44. The van der Waals surface area contributed by atoms with Crippen molar-refractivity contribution in [2.45, 2.75) is 97.2 Å². The Morgan fingerprint density at radius 1 is 1.24 bits per heavy atom. The maximum atomic E-state index is 10.6. The minimum atomic E-state index is -0.504. The van der Waals surface area contributed by atoms with Gasteiger partial charge in [-0.1, -0.05) is 62.6 Å². The zero-order valence-corrected chi connectivity index (χ0v) is 19.9. The van der Waals surface area contributed by atoms with Crippen molar-refractivity contribution in [3.63, 3.8) is 0 Å². The zero-order valence-electron chi connectivity index (χ0n) is 19.0. The van der Waals surface area contributed by atoms with Crippen LogP contribution in [0.15, 0.2) is 34.9 Å². The first-order valence-electron chi connectivity index (χ1n) is 11.9. The second-order valence-electron chi connectivity index (χ2n) is 10.1. The van der Waals surface area contributed by atoms with Crippen LogP contribution in [0.5, 0.6) is 0 Å². The number of aliphatic hydroxyl groups is 2. The Morgan fingerprint density at radius 3 is 2.69 bits per heavy atom. The van der Waals surface area contributed by atoms with Gasteiger partial charge >= 0.3 is 0 Å². The summed E-state index contributed by atoms with van der Waals surface area (Å²) < 4.78 is 0. The third-order valence-electron chi connectivity index (χ3n) is 8.24. The quantitative estimate of drug-likeness (QED) is 0.467. The first-order valence-corrected chi connectivity index (χ1v) is 13.0. The van der Waals surface area contributed by atoms with Crippen LogP contribution in [0.3, 0.4) is 0 Å². The Labute approximate surface area is 182 Å². The number of hydrogen-bond donors (Lipinski definition) is 2. The molecule has 0 spiro atoms. The van der Waals surface area contributed by atoms with Gasteiger partial charge in [0.2, 0.25) is 0 Å². The molecule has 0 aromatic heterocycles. The first kappa shape index (κ1) is 23.2. The van der Waals surface area contributed by atoms with E-state index in [1.807, 2.05) is 11.8 Å². The standard InChI is InChI=1S/C26H42O2S/c1-5-26(28,6-2)18-29-17-22-13-14-23-21(8-7-15-25(22,23)4)12-11-20-10-9-19(3)24(27)16-20/h11-13,19,23-24,27-28H,5-10,14-18H2,1-4H3/b20-11-,21-12+. The van der Waals surface area contributed by atoms with E-state index < -0.39 is 5.60 Å². The average Bonchev–Trinajstić information content (AvgIpc) is 3.05. The second kappa shape index (κ2) is 9.75. The summed E-state index contributed by atoms with van der Waals surface area (Å²) in [6.45, 7) is 8.83. The molecule has 3 aliphatic carbocycles. The molecule has 2 nitrogen and oxygen atoms in total. The summed E-state index contributed by atoms with van der Waals surface area (Å²) in [5.74, 6) is 2.99. The van der Waals surface area contributed by atoms with Gasteiger partial charge in [-0.05, 0) is 75.0 Å². The molecule has 4 atom stereocenters. The first-order chi connectivity index (χ1) is 13.8. The van der Waals surface area contributed by atoms with Crippen molar-refractivity contribution in [3.05, 3.63) is 34.9 Å². The van der Waals surface area contributed by atoms with Crippen molar-refractivity contribution in [1.82, 2.24) is 0 Å². The molecule has 4 unspecified atom stereocenters. The summed E-state index contributed by atoms with van der Waals surface area (Å²) in [5, 5.41) is 20.8. The fraction of sp³-hybridized carbons (Fsp3) is 0.769. The van der Waals surface area contributed by atoms with E-state index in [1.54, 1.807) is 11.1 Å². The molecule has 0 aliphatic heterocycles. The van der Waals surface area contributed by atoms with Crippen LogP contribution in [0.4, 0.5) is 0 Å². The maximum absolute atomic E-state index is 10.6. The van der Waals surface area contributed by atoms with Gasteiger partial charge in [0.1, 0.15) is 0 Å². The third-order valence-corrected chi connectivity index (χ3v) is 9.49. The summed E-state index contributed by atoms with van der Waals surface area (Å²) in [4.78, 5) is 0. The van der Waals surface area contributed by atoms with E-state index in [0.717, 1.165) is 43.6 Å². The van der Waals surface area contributed by atoms with Crippen molar-refractivity contribution in [2.75, 3.05) is 11.5 Å². The maximum Gasteiger partial charge on any atom is 0.0732 e. The Kier molecular flexibility index (Phi) is 7.78. The summed E-state index contributed by atoms with van der Waals surface area (Å²) in [6, 6.07) is 0. The molecule has 3 heteroatoms. The molecule has 164 valence electrons. The van der Waals surface area contributed by atoms with Crippen LogP contribution in [-0.2, 0) is 0 Å². The third kappa shape index (κ3) is 5.22. The smallest absolute Gasteiger partial charge is 0.0732 e. The summed E-state index contributed by atoms with van der Waals surface area (Å²) in [6.07, 6.45) is 16.8. The van der Waals surface area contributed by atoms with E-state index >= 15 is 0 Å². The summed E-state index contributed by atoms with van der Waals surface area (Å²) in [7, 11) is 0. The van der Waals surface area contributed by atoms with Gasteiger partial charge in [-0.3, -0.25) is 0 Å². The number of allylic oxidation sites excluding steroid dienone is 4. The van der Waals surface area contributed by atoms with Gasteiger partial charge in [0.25, 0.3) is 0 Å². The van der Waals surface area contributed by atoms with Gasteiger partial charge in [0.05, 0.1) is 11.7 Å². The van der Waals surface area contributed by atoms with Crippen LogP contribution in [0.25, 0.3) is 0 Å². The number of fused-ring (bicyclic) bond motifs is 1. The Morgan fingerprint density at radius 2 is 2.00 bits per heavy atom. The summed E-state index contributed by atoms with van der Waals surface area (Å²) >= 11 is 1.92. The van der Waals surface area contributed by atoms with E-state index in [4.69, 9.17) is 0 Å². The topological polar surface area (TPSA) is 40.5 Å². The molecule has 0 amide bonds. The van der Waals surface area contributed by atoms with Crippen LogP contribution in [0, 0.1) is 17.3 Å². The highest BCUT2D eigenvalue weighted by Gasteiger charge is 2.44. The number of hydrogen-bond acceptors (Lipinski definition) is 3. The van der Waals surface area contributed by atoms with E-state index in [9.17, 15) is 10.2 Å². The molecule has 29 heavy (non-hydrogen) atoms. The molecule has 2 fully saturated rings. The van der Waals surface area contributed by atoms with Crippen molar-refractivity contribution >= 4 is 11.8 Å². The van der Waals surface area contributed by atoms with Crippen LogP contribution in [0.1, 0.15) is 85.5 Å². The molecule has 2 N–H and O–H groups in total. The lowest BCUT2D eigenvalue weighted by atomic mass is 9.64.